The Hall–Kier alpha value is -0.0900. The molecule has 4 aliphatic rings. The largest absolute Gasteiger partial charge is 0.285 e. The van der Waals surface area contributed by atoms with Crippen LogP contribution in [0.15, 0.2) is 0 Å². The minimum Gasteiger partial charge on any atom is -0.285 e. The number of rotatable bonds is 4. The van der Waals surface area contributed by atoms with Crippen LogP contribution in [0.1, 0.15) is 109 Å². The second kappa shape index (κ2) is 9.37. The van der Waals surface area contributed by atoms with E-state index in [-0.39, 0.29) is 11.8 Å². The fourth-order valence-electron chi connectivity index (χ4n) is 7.86. The topological polar surface area (TPSA) is 54.4 Å². The van der Waals surface area contributed by atoms with Crippen LogP contribution in [-0.4, -0.2) is 18.2 Å². The summed E-state index contributed by atoms with van der Waals surface area (Å²) in [5.74, 6) is 2.99. The molecule has 4 fully saturated rings. The van der Waals surface area contributed by atoms with Gasteiger partial charge in [-0.15, -0.1) is 0 Å². The third-order valence-electron chi connectivity index (χ3n) is 9.16. The van der Waals surface area contributed by atoms with Gasteiger partial charge in [-0.05, 0) is 48.3 Å². The molecule has 4 saturated carbocycles. The van der Waals surface area contributed by atoms with Gasteiger partial charge in [0.25, 0.3) is 10.1 Å². The van der Waals surface area contributed by atoms with Gasteiger partial charge in [-0.3, -0.25) is 4.55 Å². The van der Waals surface area contributed by atoms with Gasteiger partial charge in [0.2, 0.25) is 0 Å². The normalized spacial score (nSPS) is 37.8. The fourth-order valence-corrected chi connectivity index (χ4v) is 9.41. The summed E-state index contributed by atoms with van der Waals surface area (Å²) < 4.78 is 35.9. The predicted molar refractivity (Wildman–Crippen MR) is 115 cm³/mol. The molecule has 4 atom stereocenters. The zero-order valence-electron chi connectivity index (χ0n) is 17.7. The smallest absolute Gasteiger partial charge is 0.268 e. The van der Waals surface area contributed by atoms with E-state index in [0.29, 0.717) is 17.8 Å². The van der Waals surface area contributed by atoms with E-state index in [0.717, 1.165) is 18.8 Å². The first-order valence-electron chi connectivity index (χ1n) is 12.5. The van der Waals surface area contributed by atoms with Crippen LogP contribution >= 0.6 is 0 Å². The van der Waals surface area contributed by atoms with Gasteiger partial charge < -0.3 is 0 Å². The third-order valence-corrected chi connectivity index (χ3v) is 10.6. The van der Waals surface area contributed by atoms with Crippen molar-refractivity contribution >= 4 is 10.1 Å². The van der Waals surface area contributed by atoms with E-state index in [2.05, 4.69) is 0 Å². The Morgan fingerprint density at radius 3 is 1.21 bits per heavy atom. The molecule has 4 rings (SSSR count). The molecule has 3 nitrogen and oxygen atoms in total. The molecule has 3 unspecified atom stereocenters. The molecule has 0 amide bonds. The minimum absolute atomic E-state index is 0.211. The van der Waals surface area contributed by atoms with Crippen LogP contribution in [0.2, 0.25) is 0 Å². The standard InChI is InChI=1S/C24H42O3S/c25-28(26,27)24-22(19-12-6-2-7-13-19)16-21(18-10-4-1-5-11-18)17-23(24)20-14-8-3-9-15-20/h18-24H,1-17H2,(H,25,26,27)/t21?,22-,23?,24?/m0/s1. The van der Waals surface area contributed by atoms with E-state index in [1.807, 2.05) is 0 Å². The quantitative estimate of drug-likeness (QED) is 0.529. The second-order valence-corrected chi connectivity index (χ2v) is 12.3. The molecule has 4 aliphatic carbocycles. The summed E-state index contributed by atoms with van der Waals surface area (Å²) in [5.41, 5.74) is 0. The molecule has 0 spiro atoms. The predicted octanol–water partition coefficient (Wildman–Crippen LogP) is 6.63. The van der Waals surface area contributed by atoms with Gasteiger partial charge >= 0.3 is 0 Å². The third kappa shape index (κ3) is 4.79. The van der Waals surface area contributed by atoms with Crippen LogP contribution in [0.3, 0.4) is 0 Å². The summed E-state index contributed by atoms with van der Waals surface area (Å²) >= 11 is 0. The summed E-state index contributed by atoms with van der Waals surface area (Å²) in [6, 6.07) is 0. The van der Waals surface area contributed by atoms with Crippen molar-refractivity contribution in [3.8, 4) is 0 Å². The van der Waals surface area contributed by atoms with Crippen molar-refractivity contribution < 1.29 is 13.0 Å². The second-order valence-electron chi connectivity index (χ2n) is 10.7. The van der Waals surface area contributed by atoms with Crippen LogP contribution in [0.5, 0.6) is 0 Å². The van der Waals surface area contributed by atoms with Gasteiger partial charge in [-0.1, -0.05) is 96.3 Å². The van der Waals surface area contributed by atoms with E-state index in [4.69, 9.17) is 0 Å². The lowest BCUT2D eigenvalue weighted by Crippen LogP contribution is -2.49. The monoisotopic (exact) mass is 410 g/mol. The van der Waals surface area contributed by atoms with Crippen molar-refractivity contribution in [2.24, 2.45) is 35.5 Å². The lowest BCUT2D eigenvalue weighted by atomic mass is 9.59. The summed E-state index contributed by atoms with van der Waals surface area (Å²) in [6.07, 6.45) is 21.3. The van der Waals surface area contributed by atoms with Crippen molar-refractivity contribution in [3.63, 3.8) is 0 Å². The van der Waals surface area contributed by atoms with Crippen LogP contribution in [-0.2, 0) is 10.1 Å². The minimum atomic E-state index is -3.98. The molecule has 1 N–H and O–H groups in total. The highest BCUT2D eigenvalue weighted by Crippen LogP contribution is 2.52. The van der Waals surface area contributed by atoms with E-state index >= 15 is 0 Å². The van der Waals surface area contributed by atoms with Crippen molar-refractivity contribution in [2.45, 2.75) is 114 Å². The molecule has 0 radical (unpaired) electrons. The highest BCUT2D eigenvalue weighted by atomic mass is 32.2. The molecule has 4 heteroatoms. The Morgan fingerprint density at radius 2 is 0.857 bits per heavy atom. The zero-order valence-corrected chi connectivity index (χ0v) is 18.6. The molecular weight excluding hydrogens is 368 g/mol. The van der Waals surface area contributed by atoms with Crippen molar-refractivity contribution in [2.75, 3.05) is 0 Å². The summed E-state index contributed by atoms with van der Waals surface area (Å²) in [7, 11) is -3.98. The molecule has 0 saturated heterocycles. The summed E-state index contributed by atoms with van der Waals surface area (Å²) in [4.78, 5) is 0. The lowest BCUT2D eigenvalue weighted by Gasteiger charge is -2.50. The first kappa shape index (κ1) is 21.2. The van der Waals surface area contributed by atoms with Crippen LogP contribution < -0.4 is 0 Å². The van der Waals surface area contributed by atoms with E-state index < -0.39 is 15.4 Å². The van der Waals surface area contributed by atoms with Gasteiger partial charge in [-0.25, -0.2) is 0 Å². The lowest BCUT2D eigenvalue weighted by molar-refractivity contribution is 0.0459. The SMILES string of the molecule is O=S(=O)(O)C1C(C2CCCCC2)CC(C2CCCCC2)C[C@H]1C1CCCCC1. The average molecular weight is 411 g/mol. The highest BCUT2D eigenvalue weighted by molar-refractivity contribution is 7.86. The molecule has 0 aliphatic heterocycles. The van der Waals surface area contributed by atoms with E-state index in [1.54, 1.807) is 0 Å². The Balaban J connectivity index is 1.63. The van der Waals surface area contributed by atoms with Gasteiger partial charge in [0.15, 0.2) is 0 Å². The Bertz CT molecular complexity index is 555. The van der Waals surface area contributed by atoms with E-state index in [1.165, 1.54) is 96.3 Å². The fraction of sp³-hybridized carbons (Fsp3) is 1.00. The Morgan fingerprint density at radius 1 is 0.500 bits per heavy atom. The van der Waals surface area contributed by atoms with Gasteiger partial charge in [-0.2, -0.15) is 8.42 Å². The molecule has 0 aromatic heterocycles. The zero-order chi connectivity index (χ0) is 19.6. The summed E-state index contributed by atoms with van der Waals surface area (Å²) in [6.45, 7) is 0. The average Bonchev–Trinajstić information content (AvgIpc) is 2.74. The molecule has 0 bridgehead atoms. The molecule has 0 aromatic carbocycles. The molecule has 0 heterocycles. The number of hydrogen-bond acceptors (Lipinski definition) is 2. The maximum absolute atomic E-state index is 12.7. The van der Waals surface area contributed by atoms with Gasteiger partial charge in [0.05, 0.1) is 5.25 Å². The maximum atomic E-state index is 12.7. The molecule has 0 aromatic rings. The highest BCUT2D eigenvalue weighted by Gasteiger charge is 2.50. The first-order chi connectivity index (χ1) is 13.5. The molecular formula is C24H42O3S. The Labute approximate surface area is 173 Å². The van der Waals surface area contributed by atoms with Gasteiger partial charge in [0, 0.05) is 0 Å². The Kier molecular flexibility index (Phi) is 7.08. The van der Waals surface area contributed by atoms with Crippen LogP contribution in [0.4, 0.5) is 0 Å². The molecule has 28 heavy (non-hydrogen) atoms. The van der Waals surface area contributed by atoms with Crippen LogP contribution in [0, 0.1) is 35.5 Å². The van der Waals surface area contributed by atoms with Crippen molar-refractivity contribution in [3.05, 3.63) is 0 Å². The summed E-state index contributed by atoms with van der Waals surface area (Å²) in [5, 5.41) is -0.474. The maximum Gasteiger partial charge on any atom is 0.268 e. The van der Waals surface area contributed by atoms with Gasteiger partial charge in [0.1, 0.15) is 0 Å². The van der Waals surface area contributed by atoms with E-state index in [9.17, 15) is 13.0 Å². The van der Waals surface area contributed by atoms with Crippen LogP contribution in [0.25, 0.3) is 0 Å². The first-order valence-corrected chi connectivity index (χ1v) is 14.0. The molecule has 162 valence electrons. The van der Waals surface area contributed by atoms with Crippen molar-refractivity contribution in [1.82, 2.24) is 0 Å². The number of hydrogen-bond donors (Lipinski definition) is 1. The van der Waals surface area contributed by atoms with Crippen molar-refractivity contribution in [1.29, 1.82) is 0 Å².